The first-order valence-corrected chi connectivity index (χ1v) is 7.93. The van der Waals surface area contributed by atoms with Gasteiger partial charge in [-0.3, -0.25) is 4.55 Å². The van der Waals surface area contributed by atoms with Gasteiger partial charge in [-0.25, -0.2) is 8.78 Å². The lowest BCUT2D eigenvalue weighted by atomic mass is 10.2. The van der Waals surface area contributed by atoms with Gasteiger partial charge in [-0.05, 0) is 29.8 Å². The summed E-state index contributed by atoms with van der Waals surface area (Å²) >= 11 is 1.17. The molecule has 3 nitrogen and oxygen atoms in total. The van der Waals surface area contributed by atoms with Crippen molar-refractivity contribution in [2.75, 3.05) is 0 Å². The first-order chi connectivity index (χ1) is 9.36. The molecule has 0 aliphatic rings. The largest absolute Gasteiger partial charge is 0.294 e. The van der Waals surface area contributed by atoms with E-state index in [0.717, 1.165) is 11.6 Å². The minimum absolute atomic E-state index is 0.195. The molecule has 0 heterocycles. The van der Waals surface area contributed by atoms with Crippen molar-refractivity contribution in [1.29, 1.82) is 0 Å². The predicted octanol–water partition coefficient (Wildman–Crippen LogP) is 3.50. The average molecular weight is 316 g/mol. The highest BCUT2D eigenvalue weighted by atomic mass is 32.2. The molecule has 0 saturated carbocycles. The van der Waals surface area contributed by atoms with E-state index in [4.69, 9.17) is 4.55 Å². The number of hydrogen-bond acceptors (Lipinski definition) is 3. The van der Waals surface area contributed by atoms with E-state index in [1.165, 1.54) is 48.2 Å². The Morgan fingerprint density at radius 2 is 1.70 bits per heavy atom. The van der Waals surface area contributed by atoms with Gasteiger partial charge in [0.05, 0.1) is 4.90 Å². The van der Waals surface area contributed by atoms with Gasteiger partial charge in [-0.1, -0.05) is 12.1 Å². The standard InChI is InChI=1S/C13H10F2O3S2/c14-10-3-6-13(12(15)7-10)19-8-9-1-4-11(5-2-9)20(16,17)18/h1-7H,8H2,(H,16,17,18). The number of hydrogen-bond donors (Lipinski definition) is 1. The van der Waals surface area contributed by atoms with Crippen LogP contribution in [0.1, 0.15) is 5.56 Å². The van der Waals surface area contributed by atoms with Crippen LogP contribution < -0.4 is 0 Å². The van der Waals surface area contributed by atoms with E-state index in [1.54, 1.807) is 0 Å². The second kappa shape index (κ2) is 5.90. The Hall–Kier alpha value is -1.44. The average Bonchev–Trinajstić information content (AvgIpc) is 2.37. The van der Waals surface area contributed by atoms with Crippen LogP contribution in [0.5, 0.6) is 0 Å². The molecule has 0 fully saturated rings. The minimum atomic E-state index is -4.21. The Kier molecular flexibility index (Phi) is 4.42. The lowest BCUT2D eigenvalue weighted by molar-refractivity contribution is 0.483. The Labute approximate surface area is 119 Å². The summed E-state index contributed by atoms with van der Waals surface area (Å²) in [6, 6.07) is 8.92. The molecular formula is C13H10F2O3S2. The summed E-state index contributed by atoms with van der Waals surface area (Å²) in [5, 5.41) is 0. The maximum atomic E-state index is 13.4. The molecule has 2 rings (SSSR count). The molecule has 0 bridgehead atoms. The molecule has 2 aromatic carbocycles. The van der Waals surface area contributed by atoms with Crippen molar-refractivity contribution in [3.05, 3.63) is 59.7 Å². The summed E-state index contributed by atoms with van der Waals surface area (Å²) in [6.45, 7) is 0. The van der Waals surface area contributed by atoms with Gasteiger partial charge in [-0.2, -0.15) is 8.42 Å². The SMILES string of the molecule is O=S(=O)(O)c1ccc(CSc2ccc(F)cc2F)cc1. The molecule has 0 radical (unpaired) electrons. The smallest absolute Gasteiger partial charge is 0.282 e. The van der Waals surface area contributed by atoms with Gasteiger partial charge in [0.15, 0.2) is 0 Å². The van der Waals surface area contributed by atoms with Crippen LogP contribution in [0.15, 0.2) is 52.3 Å². The van der Waals surface area contributed by atoms with Gasteiger partial charge in [0.2, 0.25) is 0 Å². The molecule has 1 N–H and O–H groups in total. The summed E-state index contributed by atoms with van der Waals surface area (Å²) in [5.74, 6) is -0.872. The van der Waals surface area contributed by atoms with E-state index >= 15 is 0 Å². The van der Waals surface area contributed by atoms with Crippen molar-refractivity contribution in [1.82, 2.24) is 0 Å². The Balaban J connectivity index is 2.08. The summed E-state index contributed by atoms with van der Waals surface area (Å²) in [5.41, 5.74) is 0.756. The molecule has 0 aliphatic heterocycles. The highest BCUT2D eigenvalue weighted by Crippen LogP contribution is 2.26. The lowest BCUT2D eigenvalue weighted by Gasteiger charge is -2.04. The van der Waals surface area contributed by atoms with Crippen LogP contribution in [0.4, 0.5) is 8.78 Å². The molecule has 7 heteroatoms. The van der Waals surface area contributed by atoms with Crippen molar-refractivity contribution in [3.8, 4) is 0 Å². The quantitative estimate of drug-likeness (QED) is 0.693. The topological polar surface area (TPSA) is 54.4 Å². The van der Waals surface area contributed by atoms with Crippen LogP contribution >= 0.6 is 11.8 Å². The highest BCUT2D eigenvalue weighted by Gasteiger charge is 2.09. The van der Waals surface area contributed by atoms with Crippen LogP contribution in [0.2, 0.25) is 0 Å². The maximum absolute atomic E-state index is 13.4. The molecule has 20 heavy (non-hydrogen) atoms. The number of halogens is 2. The molecule has 0 amide bonds. The summed E-state index contributed by atoms with van der Waals surface area (Å²) in [4.78, 5) is 0.115. The first-order valence-electron chi connectivity index (χ1n) is 5.50. The van der Waals surface area contributed by atoms with Crippen molar-refractivity contribution in [2.24, 2.45) is 0 Å². The van der Waals surface area contributed by atoms with Crippen molar-refractivity contribution >= 4 is 21.9 Å². The summed E-state index contributed by atoms with van der Waals surface area (Å²) in [6.07, 6.45) is 0. The molecule has 0 saturated heterocycles. The van der Waals surface area contributed by atoms with E-state index in [1.807, 2.05) is 0 Å². The van der Waals surface area contributed by atoms with E-state index in [2.05, 4.69) is 0 Å². The fourth-order valence-corrected chi connectivity index (χ4v) is 2.87. The van der Waals surface area contributed by atoms with E-state index < -0.39 is 21.8 Å². The fraction of sp³-hybridized carbons (Fsp3) is 0.0769. The Morgan fingerprint density at radius 3 is 2.25 bits per heavy atom. The first kappa shape index (κ1) is 15.0. The lowest BCUT2D eigenvalue weighted by Crippen LogP contribution is -1.97. The molecule has 0 atom stereocenters. The summed E-state index contributed by atoms with van der Waals surface area (Å²) in [7, 11) is -4.21. The monoisotopic (exact) mass is 316 g/mol. The van der Waals surface area contributed by atoms with Crippen LogP contribution in [0.3, 0.4) is 0 Å². The van der Waals surface area contributed by atoms with Crippen molar-refractivity contribution in [3.63, 3.8) is 0 Å². The molecule has 0 aromatic heterocycles. The van der Waals surface area contributed by atoms with Crippen molar-refractivity contribution in [2.45, 2.75) is 15.5 Å². The van der Waals surface area contributed by atoms with Crippen LogP contribution in [0, 0.1) is 11.6 Å². The maximum Gasteiger partial charge on any atom is 0.294 e. The van der Waals surface area contributed by atoms with E-state index in [9.17, 15) is 17.2 Å². The molecule has 2 aromatic rings. The van der Waals surface area contributed by atoms with Gasteiger partial charge >= 0.3 is 0 Å². The zero-order valence-corrected chi connectivity index (χ0v) is 11.7. The number of thioether (sulfide) groups is 1. The molecular weight excluding hydrogens is 306 g/mol. The van der Waals surface area contributed by atoms with Crippen LogP contribution in [0.25, 0.3) is 0 Å². The second-order valence-electron chi connectivity index (χ2n) is 3.98. The minimum Gasteiger partial charge on any atom is -0.282 e. The van der Waals surface area contributed by atoms with Crippen LogP contribution in [-0.2, 0) is 15.9 Å². The summed E-state index contributed by atoms with van der Waals surface area (Å²) < 4.78 is 56.7. The third-order valence-electron chi connectivity index (χ3n) is 2.51. The highest BCUT2D eigenvalue weighted by molar-refractivity contribution is 7.98. The number of rotatable bonds is 4. The van der Waals surface area contributed by atoms with E-state index in [-0.39, 0.29) is 4.90 Å². The molecule has 0 spiro atoms. The zero-order chi connectivity index (χ0) is 14.8. The van der Waals surface area contributed by atoms with Gasteiger partial charge in [-0.15, -0.1) is 11.8 Å². The van der Waals surface area contributed by atoms with Crippen molar-refractivity contribution < 1.29 is 21.8 Å². The molecule has 0 unspecified atom stereocenters. The molecule has 0 aliphatic carbocycles. The van der Waals surface area contributed by atoms with Gasteiger partial charge in [0, 0.05) is 16.7 Å². The third-order valence-corrected chi connectivity index (χ3v) is 4.50. The van der Waals surface area contributed by atoms with Crippen LogP contribution in [-0.4, -0.2) is 13.0 Å². The zero-order valence-electron chi connectivity index (χ0n) is 10.1. The predicted molar refractivity (Wildman–Crippen MR) is 72.2 cm³/mol. The normalized spacial score (nSPS) is 11.6. The van der Waals surface area contributed by atoms with Gasteiger partial charge < -0.3 is 0 Å². The fourth-order valence-electron chi connectivity index (χ4n) is 1.51. The molecule has 106 valence electrons. The van der Waals surface area contributed by atoms with E-state index in [0.29, 0.717) is 10.6 Å². The van der Waals surface area contributed by atoms with Gasteiger partial charge in [0.1, 0.15) is 11.6 Å². The Bertz CT molecular complexity index is 713. The second-order valence-corrected chi connectivity index (χ2v) is 6.42. The van der Waals surface area contributed by atoms with Gasteiger partial charge in [0.25, 0.3) is 10.1 Å². The Morgan fingerprint density at radius 1 is 1.05 bits per heavy atom. The third kappa shape index (κ3) is 3.78. The number of benzene rings is 2.